The summed E-state index contributed by atoms with van der Waals surface area (Å²) in [6.45, 7) is 5.55. The minimum absolute atomic E-state index is 0.0415. The zero-order valence-corrected chi connectivity index (χ0v) is 13.3. The van der Waals surface area contributed by atoms with Crippen molar-refractivity contribution < 1.29 is 4.79 Å². The van der Waals surface area contributed by atoms with E-state index in [1.807, 2.05) is 30.9 Å². The lowest BCUT2D eigenvalue weighted by molar-refractivity contribution is -0.135. The molecule has 20 heavy (non-hydrogen) atoms. The van der Waals surface area contributed by atoms with Gasteiger partial charge in [-0.1, -0.05) is 29.3 Å². The van der Waals surface area contributed by atoms with Crippen LogP contribution in [0.15, 0.2) is 18.2 Å². The number of nitrogens with one attached hydrogen (secondary N) is 1. The van der Waals surface area contributed by atoms with Crippen molar-refractivity contribution in [1.29, 1.82) is 0 Å². The second kappa shape index (κ2) is 6.79. The van der Waals surface area contributed by atoms with E-state index in [1.54, 1.807) is 6.07 Å². The van der Waals surface area contributed by atoms with Crippen molar-refractivity contribution in [1.82, 2.24) is 10.2 Å². The van der Waals surface area contributed by atoms with Crippen molar-refractivity contribution in [2.75, 3.05) is 6.54 Å². The van der Waals surface area contributed by atoms with Crippen LogP contribution in [-0.2, 0) is 11.3 Å². The molecular formula is C15H20Cl2N2O. The van der Waals surface area contributed by atoms with Gasteiger partial charge in [-0.05, 0) is 50.9 Å². The Hall–Kier alpha value is -0.770. The Bertz CT molecular complexity index is 485. The van der Waals surface area contributed by atoms with Gasteiger partial charge in [0.2, 0.25) is 5.91 Å². The number of carbonyl (C=O) groups is 1. The topological polar surface area (TPSA) is 32.3 Å². The molecule has 5 heteroatoms. The normalized spacial score (nSPS) is 18.6. The lowest BCUT2D eigenvalue weighted by Crippen LogP contribution is -2.46. The Morgan fingerprint density at radius 2 is 2.15 bits per heavy atom. The Morgan fingerprint density at radius 1 is 1.40 bits per heavy atom. The van der Waals surface area contributed by atoms with Gasteiger partial charge in [0, 0.05) is 12.6 Å². The lowest BCUT2D eigenvalue weighted by Gasteiger charge is -2.29. The highest BCUT2D eigenvalue weighted by atomic mass is 35.5. The van der Waals surface area contributed by atoms with Gasteiger partial charge in [0.05, 0.1) is 16.1 Å². The van der Waals surface area contributed by atoms with Crippen LogP contribution in [-0.4, -0.2) is 29.4 Å². The second-order valence-corrected chi connectivity index (χ2v) is 6.27. The Kier molecular flexibility index (Phi) is 5.30. The molecule has 0 bridgehead atoms. The van der Waals surface area contributed by atoms with E-state index < -0.39 is 0 Å². The minimum Gasteiger partial charge on any atom is -0.335 e. The van der Waals surface area contributed by atoms with Crippen LogP contribution in [0.1, 0.15) is 32.3 Å². The monoisotopic (exact) mass is 314 g/mol. The number of rotatable bonds is 4. The summed E-state index contributed by atoms with van der Waals surface area (Å²) in [7, 11) is 0. The van der Waals surface area contributed by atoms with Crippen molar-refractivity contribution in [3.05, 3.63) is 33.8 Å². The molecular weight excluding hydrogens is 295 g/mol. The maximum Gasteiger partial charge on any atom is 0.240 e. The first-order chi connectivity index (χ1) is 9.49. The van der Waals surface area contributed by atoms with Crippen LogP contribution in [0.25, 0.3) is 0 Å². The summed E-state index contributed by atoms with van der Waals surface area (Å²) in [4.78, 5) is 14.4. The van der Waals surface area contributed by atoms with Crippen molar-refractivity contribution in [2.45, 2.75) is 45.3 Å². The largest absolute Gasteiger partial charge is 0.335 e. The van der Waals surface area contributed by atoms with Crippen molar-refractivity contribution >= 4 is 29.1 Å². The van der Waals surface area contributed by atoms with Gasteiger partial charge in [-0.25, -0.2) is 0 Å². The van der Waals surface area contributed by atoms with E-state index in [2.05, 4.69) is 5.32 Å². The third-order valence-electron chi connectivity index (χ3n) is 3.60. The summed E-state index contributed by atoms with van der Waals surface area (Å²) in [6.07, 6.45) is 1.98. The average Bonchev–Trinajstić information content (AvgIpc) is 2.93. The standard InChI is InChI=1S/C15H20Cl2N2O/c1-10(2)19(15(20)14-4-3-7-18-14)9-11-5-6-12(16)13(17)8-11/h5-6,8,10,14,18H,3-4,7,9H2,1-2H3/t14-/m0/s1. The summed E-state index contributed by atoms with van der Waals surface area (Å²) in [5.41, 5.74) is 0.999. The highest BCUT2D eigenvalue weighted by Gasteiger charge is 2.28. The smallest absolute Gasteiger partial charge is 0.240 e. The summed E-state index contributed by atoms with van der Waals surface area (Å²) in [5, 5.41) is 4.32. The molecule has 110 valence electrons. The Labute approximate surface area is 130 Å². The molecule has 1 heterocycles. The Balaban J connectivity index is 2.12. The molecule has 2 rings (SSSR count). The van der Waals surface area contributed by atoms with Crippen molar-refractivity contribution in [2.24, 2.45) is 0 Å². The molecule has 1 amide bonds. The third-order valence-corrected chi connectivity index (χ3v) is 4.34. The first-order valence-electron chi connectivity index (χ1n) is 6.97. The molecule has 1 aromatic carbocycles. The van der Waals surface area contributed by atoms with E-state index in [0.29, 0.717) is 16.6 Å². The van der Waals surface area contributed by atoms with Gasteiger partial charge in [-0.2, -0.15) is 0 Å². The fraction of sp³-hybridized carbons (Fsp3) is 0.533. The highest BCUT2D eigenvalue weighted by molar-refractivity contribution is 6.42. The first-order valence-corrected chi connectivity index (χ1v) is 7.72. The summed E-state index contributed by atoms with van der Waals surface area (Å²) in [5.74, 6) is 0.170. The molecule has 1 aromatic rings. The number of hydrogen-bond acceptors (Lipinski definition) is 2. The van der Waals surface area contributed by atoms with E-state index >= 15 is 0 Å². The van der Waals surface area contributed by atoms with Gasteiger partial charge in [-0.3, -0.25) is 4.79 Å². The molecule has 0 unspecified atom stereocenters. The zero-order chi connectivity index (χ0) is 14.7. The molecule has 3 nitrogen and oxygen atoms in total. The number of amides is 1. The van der Waals surface area contributed by atoms with Gasteiger partial charge in [-0.15, -0.1) is 0 Å². The quantitative estimate of drug-likeness (QED) is 0.922. The molecule has 0 spiro atoms. The number of carbonyl (C=O) groups excluding carboxylic acids is 1. The molecule has 0 saturated carbocycles. The summed E-state index contributed by atoms with van der Waals surface area (Å²) >= 11 is 12.0. The Morgan fingerprint density at radius 3 is 2.70 bits per heavy atom. The van der Waals surface area contributed by atoms with Crippen LogP contribution < -0.4 is 5.32 Å². The SMILES string of the molecule is CC(C)N(Cc1ccc(Cl)c(Cl)c1)C(=O)[C@@H]1CCCN1. The number of halogens is 2. The zero-order valence-electron chi connectivity index (χ0n) is 11.8. The lowest BCUT2D eigenvalue weighted by atomic mass is 10.1. The number of benzene rings is 1. The summed E-state index contributed by atoms with van der Waals surface area (Å²) in [6, 6.07) is 5.63. The maximum atomic E-state index is 12.5. The molecule has 1 fully saturated rings. The van der Waals surface area contributed by atoms with Crippen molar-refractivity contribution in [3.63, 3.8) is 0 Å². The van der Waals surface area contributed by atoms with Crippen LogP contribution >= 0.6 is 23.2 Å². The molecule has 0 radical (unpaired) electrons. The number of hydrogen-bond donors (Lipinski definition) is 1. The fourth-order valence-corrected chi connectivity index (χ4v) is 2.77. The predicted molar refractivity (Wildman–Crippen MR) is 83.2 cm³/mol. The predicted octanol–water partition coefficient (Wildman–Crippen LogP) is 3.48. The van der Waals surface area contributed by atoms with Crippen LogP contribution in [0, 0.1) is 0 Å². The van der Waals surface area contributed by atoms with E-state index in [-0.39, 0.29) is 18.0 Å². The van der Waals surface area contributed by atoms with Gasteiger partial charge in [0.25, 0.3) is 0 Å². The van der Waals surface area contributed by atoms with Gasteiger partial charge >= 0.3 is 0 Å². The molecule has 1 aliphatic rings. The van der Waals surface area contributed by atoms with Crippen LogP contribution in [0.5, 0.6) is 0 Å². The number of nitrogens with zero attached hydrogens (tertiary/aromatic N) is 1. The van der Waals surface area contributed by atoms with Gasteiger partial charge in [0.1, 0.15) is 0 Å². The maximum absolute atomic E-state index is 12.5. The fourth-order valence-electron chi connectivity index (χ4n) is 2.45. The molecule has 1 N–H and O–H groups in total. The minimum atomic E-state index is -0.0415. The molecule has 1 aliphatic heterocycles. The first kappa shape index (κ1) is 15.6. The van der Waals surface area contributed by atoms with Gasteiger partial charge in [0.15, 0.2) is 0 Å². The highest BCUT2D eigenvalue weighted by Crippen LogP contribution is 2.24. The average molecular weight is 315 g/mol. The second-order valence-electron chi connectivity index (χ2n) is 5.46. The molecule has 0 aromatic heterocycles. The summed E-state index contributed by atoms with van der Waals surface area (Å²) < 4.78 is 0. The van der Waals surface area contributed by atoms with E-state index in [1.165, 1.54) is 0 Å². The van der Waals surface area contributed by atoms with Crippen molar-refractivity contribution in [3.8, 4) is 0 Å². The molecule has 1 atom stereocenters. The molecule has 0 aliphatic carbocycles. The van der Waals surface area contributed by atoms with Crippen LogP contribution in [0.3, 0.4) is 0 Å². The van der Waals surface area contributed by atoms with Crippen LogP contribution in [0.2, 0.25) is 10.0 Å². The van der Waals surface area contributed by atoms with Gasteiger partial charge < -0.3 is 10.2 Å². The van der Waals surface area contributed by atoms with E-state index in [0.717, 1.165) is 24.9 Å². The van der Waals surface area contributed by atoms with E-state index in [9.17, 15) is 4.79 Å². The molecule has 1 saturated heterocycles. The van der Waals surface area contributed by atoms with E-state index in [4.69, 9.17) is 23.2 Å². The van der Waals surface area contributed by atoms with Crippen LogP contribution in [0.4, 0.5) is 0 Å². The third kappa shape index (κ3) is 3.66.